The Bertz CT molecular complexity index is 448. The predicted octanol–water partition coefficient (Wildman–Crippen LogP) is 2.71. The molecule has 1 fully saturated rings. The lowest BCUT2D eigenvalue weighted by atomic mass is 10.1. The van der Waals surface area contributed by atoms with Gasteiger partial charge in [0.25, 0.3) is 0 Å². The first-order valence-corrected chi connectivity index (χ1v) is 8.04. The molecule has 21 heavy (non-hydrogen) atoms. The van der Waals surface area contributed by atoms with Gasteiger partial charge in [-0.3, -0.25) is 4.90 Å². The van der Waals surface area contributed by atoms with E-state index in [1.807, 2.05) is 6.07 Å². The number of benzene rings is 1. The number of halogens is 1. The van der Waals surface area contributed by atoms with E-state index in [2.05, 4.69) is 4.90 Å². The zero-order chi connectivity index (χ0) is 15.1. The standard InChI is InChI=1S/C16H25ClN2O2/c1-20-15-12-14(17)11-13(5-6-18)16(15)21-10-9-19-7-3-2-4-8-19/h11-12H,2-10,18H2,1H3. The fraction of sp³-hybridized carbons (Fsp3) is 0.625. The first kappa shape index (κ1) is 16.4. The maximum atomic E-state index is 6.11. The molecule has 1 saturated heterocycles. The molecule has 4 nitrogen and oxygen atoms in total. The van der Waals surface area contributed by atoms with Gasteiger partial charge in [-0.05, 0) is 45.0 Å². The highest BCUT2D eigenvalue weighted by atomic mass is 35.5. The highest BCUT2D eigenvalue weighted by Gasteiger charge is 2.14. The lowest BCUT2D eigenvalue weighted by Crippen LogP contribution is -2.33. The first-order chi connectivity index (χ1) is 10.2. The molecule has 2 N–H and O–H groups in total. The van der Waals surface area contributed by atoms with Crippen LogP contribution in [-0.2, 0) is 6.42 Å². The third-order valence-electron chi connectivity index (χ3n) is 3.83. The summed E-state index contributed by atoms with van der Waals surface area (Å²) in [6.45, 7) is 4.53. The summed E-state index contributed by atoms with van der Waals surface area (Å²) in [6, 6.07) is 3.70. The zero-order valence-corrected chi connectivity index (χ0v) is 13.5. The minimum Gasteiger partial charge on any atom is -0.493 e. The topological polar surface area (TPSA) is 47.7 Å². The van der Waals surface area contributed by atoms with Crippen molar-refractivity contribution in [3.05, 3.63) is 22.7 Å². The van der Waals surface area contributed by atoms with E-state index in [0.717, 1.165) is 24.3 Å². The lowest BCUT2D eigenvalue weighted by molar-refractivity contribution is 0.180. The van der Waals surface area contributed by atoms with Gasteiger partial charge >= 0.3 is 0 Å². The molecule has 0 spiro atoms. The zero-order valence-electron chi connectivity index (χ0n) is 12.7. The quantitative estimate of drug-likeness (QED) is 0.841. The van der Waals surface area contributed by atoms with Gasteiger partial charge in [-0.2, -0.15) is 0 Å². The summed E-state index contributed by atoms with van der Waals surface area (Å²) in [5, 5.41) is 0.652. The average molecular weight is 313 g/mol. The van der Waals surface area contributed by atoms with Crippen molar-refractivity contribution in [2.45, 2.75) is 25.7 Å². The molecule has 0 radical (unpaired) electrons. The van der Waals surface area contributed by atoms with Crippen LogP contribution in [-0.4, -0.2) is 44.8 Å². The molecule has 1 aromatic carbocycles. The van der Waals surface area contributed by atoms with E-state index < -0.39 is 0 Å². The summed E-state index contributed by atoms with van der Waals surface area (Å²) in [5.74, 6) is 1.47. The maximum Gasteiger partial charge on any atom is 0.164 e. The van der Waals surface area contributed by atoms with Crippen LogP contribution in [0, 0.1) is 0 Å². The second-order valence-corrected chi connectivity index (χ2v) is 5.82. The average Bonchev–Trinajstić information content (AvgIpc) is 2.50. The Morgan fingerprint density at radius 3 is 2.67 bits per heavy atom. The van der Waals surface area contributed by atoms with Gasteiger partial charge in [0.2, 0.25) is 0 Å². The van der Waals surface area contributed by atoms with Crippen molar-refractivity contribution in [2.75, 3.05) is 39.9 Å². The molecular formula is C16H25ClN2O2. The third kappa shape index (κ3) is 4.77. The fourth-order valence-corrected chi connectivity index (χ4v) is 2.97. The molecule has 0 aliphatic carbocycles. The van der Waals surface area contributed by atoms with Crippen molar-refractivity contribution in [3.8, 4) is 11.5 Å². The monoisotopic (exact) mass is 312 g/mol. The summed E-state index contributed by atoms with van der Waals surface area (Å²) >= 11 is 6.11. The Hall–Kier alpha value is -0.970. The van der Waals surface area contributed by atoms with Crippen LogP contribution in [0.4, 0.5) is 0 Å². The highest BCUT2D eigenvalue weighted by molar-refractivity contribution is 6.30. The van der Waals surface area contributed by atoms with Gasteiger partial charge in [-0.25, -0.2) is 0 Å². The molecule has 2 rings (SSSR count). The number of hydrogen-bond acceptors (Lipinski definition) is 4. The molecule has 0 unspecified atom stereocenters. The second-order valence-electron chi connectivity index (χ2n) is 5.39. The van der Waals surface area contributed by atoms with E-state index in [1.54, 1.807) is 13.2 Å². The molecule has 1 heterocycles. The van der Waals surface area contributed by atoms with E-state index in [1.165, 1.54) is 32.4 Å². The van der Waals surface area contributed by atoms with E-state index in [0.29, 0.717) is 23.9 Å². The number of nitrogens with zero attached hydrogens (tertiary/aromatic N) is 1. The van der Waals surface area contributed by atoms with Gasteiger partial charge in [0.15, 0.2) is 11.5 Å². The van der Waals surface area contributed by atoms with Gasteiger partial charge in [0, 0.05) is 23.2 Å². The van der Waals surface area contributed by atoms with Gasteiger partial charge in [0.1, 0.15) is 6.61 Å². The summed E-state index contributed by atoms with van der Waals surface area (Å²) < 4.78 is 11.4. The van der Waals surface area contributed by atoms with Gasteiger partial charge in [-0.15, -0.1) is 0 Å². The van der Waals surface area contributed by atoms with Crippen molar-refractivity contribution in [3.63, 3.8) is 0 Å². The molecule has 5 heteroatoms. The van der Waals surface area contributed by atoms with Crippen LogP contribution < -0.4 is 15.2 Å². The van der Waals surface area contributed by atoms with Gasteiger partial charge in [-0.1, -0.05) is 18.0 Å². The minimum atomic E-state index is 0.561. The number of likely N-dealkylation sites (tertiary alicyclic amines) is 1. The number of methoxy groups -OCH3 is 1. The molecule has 1 aromatic rings. The number of hydrogen-bond donors (Lipinski definition) is 1. The molecular weight excluding hydrogens is 288 g/mol. The molecule has 0 saturated carbocycles. The Balaban J connectivity index is 1.99. The van der Waals surface area contributed by atoms with Gasteiger partial charge < -0.3 is 15.2 Å². The lowest BCUT2D eigenvalue weighted by Gasteiger charge is -2.26. The molecule has 0 atom stereocenters. The van der Waals surface area contributed by atoms with Crippen LogP contribution in [0.5, 0.6) is 11.5 Å². The number of nitrogens with two attached hydrogens (primary N) is 1. The van der Waals surface area contributed by atoms with Crippen LogP contribution in [0.1, 0.15) is 24.8 Å². The first-order valence-electron chi connectivity index (χ1n) is 7.66. The van der Waals surface area contributed by atoms with Crippen molar-refractivity contribution in [1.29, 1.82) is 0 Å². The van der Waals surface area contributed by atoms with Crippen molar-refractivity contribution >= 4 is 11.6 Å². The van der Waals surface area contributed by atoms with E-state index in [-0.39, 0.29) is 0 Å². The molecule has 0 aromatic heterocycles. The van der Waals surface area contributed by atoms with Crippen LogP contribution in [0.3, 0.4) is 0 Å². The Labute approximate surface area is 132 Å². The Kier molecular flexibility index (Phi) is 6.61. The van der Waals surface area contributed by atoms with Crippen molar-refractivity contribution in [1.82, 2.24) is 4.90 Å². The van der Waals surface area contributed by atoms with Crippen LogP contribution in [0.15, 0.2) is 12.1 Å². The largest absolute Gasteiger partial charge is 0.493 e. The van der Waals surface area contributed by atoms with Crippen LogP contribution >= 0.6 is 11.6 Å². The van der Waals surface area contributed by atoms with E-state index in [4.69, 9.17) is 26.8 Å². The van der Waals surface area contributed by atoms with Crippen molar-refractivity contribution < 1.29 is 9.47 Å². The molecule has 0 amide bonds. The smallest absolute Gasteiger partial charge is 0.164 e. The summed E-state index contributed by atoms with van der Waals surface area (Å²) in [6.07, 6.45) is 4.67. The molecule has 118 valence electrons. The number of piperidine rings is 1. The highest BCUT2D eigenvalue weighted by Crippen LogP contribution is 2.35. The fourth-order valence-electron chi connectivity index (χ4n) is 2.74. The Morgan fingerprint density at radius 1 is 1.24 bits per heavy atom. The summed E-state index contributed by atoms with van der Waals surface area (Å²) in [4.78, 5) is 2.45. The Morgan fingerprint density at radius 2 is 2.00 bits per heavy atom. The van der Waals surface area contributed by atoms with Crippen molar-refractivity contribution in [2.24, 2.45) is 5.73 Å². The summed E-state index contributed by atoms with van der Waals surface area (Å²) in [7, 11) is 1.63. The van der Waals surface area contributed by atoms with Crippen LogP contribution in [0.2, 0.25) is 5.02 Å². The normalized spacial score (nSPS) is 16.0. The predicted molar refractivity (Wildman–Crippen MR) is 86.5 cm³/mol. The van der Waals surface area contributed by atoms with Gasteiger partial charge in [0.05, 0.1) is 7.11 Å². The maximum absolute atomic E-state index is 6.11. The third-order valence-corrected chi connectivity index (χ3v) is 4.05. The number of rotatable bonds is 7. The minimum absolute atomic E-state index is 0.561. The summed E-state index contributed by atoms with van der Waals surface area (Å²) in [5.41, 5.74) is 6.68. The number of ether oxygens (including phenoxy) is 2. The van der Waals surface area contributed by atoms with E-state index in [9.17, 15) is 0 Å². The van der Waals surface area contributed by atoms with Crippen LogP contribution in [0.25, 0.3) is 0 Å². The van der Waals surface area contributed by atoms with E-state index >= 15 is 0 Å². The molecule has 1 aliphatic heterocycles. The second kappa shape index (κ2) is 8.47. The molecule has 1 aliphatic rings. The molecule has 0 bridgehead atoms. The SMILES string of the molecule is COc1cc(Cl)cc(CCN)c1OCCN1CCCCC1.